The standard InChI is InChI=1S/C22H26Cl2N2O/c23-18-7-5-14(12-19(18)24)11-15-6-8-20-17-4-2-10-25-9-1-3-16(21(17)25)13-26(20)22(15)27/h5,7,11-12,16-17,20-21H,1-4,6,8-10,13H2/b15-11+. The highest BCUT2D eigenvalue weighted by atomic mass is 35.5. The maximum absolute atomic E-state index is 13.3. The number of hydrogen-bond donors (Lipinski definition) is 0. The Labute approximate surface area is 171 Å². The van der Waals surface area contributed by atoms with Crippen LogP contribution in [-0.2, 0) is 4.79 Å². The molecule has 4 unspecified atom stereocenters. The first kappa shape index (κ1) is 18.0. The molecule has 4 aliphatic heterocycles. The average molecular weight is 405 g/mol. The molecule has 0 spiro atoms. The number of carbonyl (C=O) groups is 1. The lowest BCUT2D eigenvalue weighted by molar-refractivity contribution is -0.145. The van der Waals surface area contributed by atoms with Crippen LogP contribution in [0.4, 0.5) is 0 Å². The van der Waals surface area contributed by atoms with Crippen LogP contribution in [0.1, 0.15) is 44.1 Å². The predicted molar refractivity (Wildman–Crippen MR) is 110 cm³/mol. The monoisotopic (exact) mass is 404 g/mol. The Morgan fingerprint density at radius 1 is 1.04 bits per heavy atom. The second-order valence-corrected chi connectivity index (χ2v) is 9.46. The number of halogens is 2. The molecule has 144 valence electrons. The predicted octanol–water partition coefficient (Wildman–Crippen LogP) is 4.87. The first-order chi connectivity index (χ1) is 13.1. The summed E-state index contributed by atoms with van der Waals surface area (Å²) in [6.07, 6.45) is 9.12. The quantitative estimate of drug-likeness (QED) is 0.623. The zero-order valence-electron chi connectivity index (χ0n) is 15.5. The molecule has 0 radical (unpaired) electrons. The molecule has 1 aromatic carbocycles. The number of fused-ring (bicyclic) bond motifs is 2. The molecule has 4 heterocycles. The molecule has 4 atom stereocenters. The minimum absolute atomic E-state index is 0.249. The van der Waals surface area contributed by atoms with Crippen LogP contribution in [-0.4, -0.2) is 47.4 Å². The van der Waals surface area contributed by atoms with E-state index in [0.29, 0.717) is 27.9 Å². The maximum Gasteiger partial charge on any atom is 0.250 e. The van der Waals surface area contributed by atoms with Crippen LogP contribution in [0.15, 0.2) is 23.8 Å². The molecule has 3 nitrogen and oxygen atoms in total. The molecular formula is C22H26Cl2N2O. The fourth-order valence-electron chi connectivity index (χ4n) is 6.13. The highest BCUT2D eigenvalue weighted by Gasteiger charge is 2.51. The Balaban J connectivity index is 1.42. The molecule has 4 saturated heterocycles. The van der Waals surface area contributed by atoms with Gasteiger partial charge in [-0.2, -0.15) is 0 Å². The molecule has 4 aliphatic rings. The fourth-order valence-corrected chi connectivity index (χ4v) is 6.44. The van der Waals surface area contributed by atoms with Crippen molar-refractivity contribution < 1.29 is 4.79 Å². The third kappa shape index (κ3) is 3.12. The van der Waals surface area contributed by atoms with E-state index in [4.69, 9.17) is 23.2 Å². The lowest BCUT2D eigenvalue weighted by Gasteiger charge is -2.58. The lowest BCUT2D eigenvalue weighted by Crippen LogP contribution is -2.66. The van der Waals surface area contributed by atoms with Gasteiger partial charge < -0.3 is 4.90 Å². The van der Waals surface area contributed by atoms with E-state index in [0.717, 1.165) is 36.6 Å². The SMILES string of the molecule is O=C1/C(=C/c2ccc(Cl)c(Cl)c2)CCC2C3CCCN4CCCC(CN12)C34. The summed E-state index contributed by atoms with van der Waals surface area (Å²) in [6.45, 7) is 3.47. The van der Waals surface area contributed by atoms with Gasteiger partial charge >= 0.3 is 0 Å². The number of benzene rings is 1. The van der Waals surface area contributed by atoms with E-state index in [2.05, 4.69) is 9.80 Å². The third-order valence-electron chi connectivity index (χ3n) is 7.20. The Kier molecular flexibility index (Phi) is 4.74. The number of carbonyl (C=O) groups excluding carboxylic acids is 1. The largest absolute Gasteiger partial charge is 0.335 e. The zero-order chi connectivity index (χ0) is 18.5. The summed E-state index contributed by atoms with van der Waals surface area (Å²) in [7, 11) is 0. The van der Waals surface area contributed by atoms with Crippen LogP contribution in [0.3, 0.4) is 0 Å². The summed E-state index contributed by atoms with van der Waals surface area (Å²) in [5.74, 6) is 1.58. The first-order valence-corrected chi connectivity index (χ1v) is 11.1. The van der Waals surface area contributed by atoms with Gasteiger partial charge in [0.25, 0.3) is 0 Å². The molecule has 27 heavy (non-hydrogen) atoms. The van der Waals surface area contributed by atoms with E-state index in [9.17, 15) is 4.79 Å². The third-order valence-corrected chi connectivity index (χ3v) is 7.94. The first-order valence-electron chi connectivity index (χ1n) is 10.3. The molecule has 0 bridgehead atoms. The Hall–Kier alpha value is -1.03. The molecule has 1 aromatic rings. The van der Waals surface area contributed by atoms with Gasteiger partial charge in [-0.15, -0.1) is 0 Å². The van der Waals surface area contributed by atoms with Crippen molar-refractivity contribution in [3.63, 3.8) is 0 Å². The van der Waals surface area contributed by atoms with E-state index < -0.39 is 0 Å². The molecule has 0 N–H and O–H groups in total. The van der Waals surface area contributed by atoms with E-state index in [1.54, 1.807) is 6.07 Å². The second-order valence-electron chi connectivity index (χ2n) is 8.64. The van der Waals surface area contributed by atoms with Crippen molar-refractivity contribution in [3.8, 4) is 0 Å². The summed E-state index contributed by atoms with van der Waals surface area (Å²) in [5, 5.41) is 1.09. The number of amides is 1. The molecular weight excluding hydrogens is 379 g/mol. The van der Waals surface area contributed by atoms with Gasteiger partial charge in [-0.05, 0) is 87.2 Å². The Morgan fingerprint density at radius 3 is 2.67 bits per heavy atom. The number of rotatable bonds is 1. The molecule has 0 aliphatic carbocycles. The normalized spacial score (nSPS) is 35.1. The van der Waals surface area contributed by atoms with Crippen LogP contribution in [0.5, 0.6) is 0 Å². The molecule has 0 saturated carbocycles. The summed E-state index contributed by atoms with van der Waals surface area (Å²) in [5.41, 5.74) is 1.88. The number of piperidine rings is 4. The Bertz CT molecular complexity index is 791. The van der Waals surface area contributed by atoms with Gasteiger partial charge in [0.05, 0.1) is 10.0 Å². The van der Waals surface area contributed by atoms with Crippen LogP contribution < -0.4 is 0 Å². The van der Waals surface area contributed by atoms with Crippen LogP contribution in [0, 0.1) is 11.8 Å². The van der Waals surface area contributed by atoms with Crippen molar-refractivity contribution in [3.05, 3.63) is 39.4 Å². The highest BCUT2D eigenvalue weighted by Crippen LogP contribution is 2.45. The van der Waals surface area contributed by atoms with Crippen molar-refractivity contribution >= 4 is 35.2 Å². The second kappa shape index (κ2) is 7.09. The Morgan fingerprint density at radius 2 is 1.85 bits per heavy atom. The maximum atomic E-state index is 13.3. The van der Waals surface area contributed by atoms with Crippen LogP contribution >= 0.6 is 23.2 Å². The smallest absolute Gasteiger partial charge is 0.250 e. The molecule has 0 aromatic heterocycles. The zero-order valence-corrected chi connectivity index (χ0v) is 17.1. The summed E-state index contributed by atoms with van der Waals surface area (Å²) < 4.78 is 0. The van der Waals surface area contributed by atoms with Crippen molar-refractivity contribution in [2.75, 3.05) is 19.6 Å². The lowest BCUT2D eigenvalue weighted by atomic mass is 9.67. The molecule has 5 rings (SSSR count). The van der Waals surface area contributed by atoms with Gasteiger partial charge in [0.1, 0.15) is 0 Å². The summed E-state index contributed by atoms with van der Waals surface area (Å²) in [4.78, 5) is 18.3. The molecule has 4 fully saturated rings. The van der Waals surface area contributed by atoms with Crippen molar-refractivity contribution in [1.29, 1.82) is 0 Å². The van der Waals surface area contributed by atoms with E-state index >= 15 is 0 Å². The van der Waals surface area contributed by atoms with E-state index in [1.807, 2.05) is 18.2 Å². The van der Waals surface area contributed by atoms with Gasteiger partial charge in [0.15, 0.2) is 0 Å². The summed E-state index contributed by atoms with van der Waals surface area (Å²) in [6, 6.07) is 6.75. The van der Waals surface area contributed by atoms with Gasteiger partial charge in [-0.3, -0.25) is 9.69 Å². The van der Waals surface area contributed by atoms with Gasteiger partial charge in [0.2, 0.25) is 5.91 Å². The van der Waals surface area contributed by atoms with E-state index in [1.165, 1.54) is 38.8 Å². The minimum atomic E-state index is 0.249. The van der Waals surface area contributed by atoms with Crippen LogP contribution in [0.25, 0.3) is 6.08 Å². The highest BCUT2D eigenvalue weighted by molar-refractivity contribution is 6.42. The molecule has 1 amide bonds. The van der Waals surface area contributed by atoms with Crippen molar-refractivity contribution in [2.24, 2.45) is 11.8 Å². The average Bonchev–Trinajstić information content (AvgIpc) is 2.68. The fraction of sp³-hybridized carbons (Fsp3) is 0.591. The topological polar surface area (TPSA) is 23.6 Å². The van der Waals surface area contributed by atoms with Crippen molar-refractivity contribution in [1.82, 2.24) is 9.80 Å². The molecule has 5 heteroatoms. The van der Waals surface area contributed by atoms with E-state index in [-0.39, 0.29) is 5.91 Å². The van der Waals surface area contributed by atoms with Crippen molar-refractivity contribution in [2.45, 2.75) is 50.6 Å². The van der Waals surface area contributed by atoms with Gasteiger partial charge in [-0.25, -0.2) is 0 Å². The number of nitrogens with zero attached hydrogens (tertiary/aromatic N) is 2. The summed E-state index contributed by atoms with van der Waals surface area (Å²) >= 11 is 12.2. The van der Waals surface area contributed by atoms with Crippen LogP contribution in [0.2, 0.25) is 10.0 Å². The minimum Gasteiger partial charge on any atom is -0.335 e. The van der Waals surface area contributed by atoms with Gasteiger partial charge in [0, 0.05) is 24.2 Å². The van der Waals surface area contributed by atoms with Gasteiger partial charge in [-0.1, -0.05) is 29.3 Å². The number of hydrogen-bond acceptors (Lipinski definition) is 2.